The van der Waals surface area contributed by atoms with Crippen molar-refractivity contribution in [2.75, 3.05) is 0 Å². The molecule has 0 amide bonds. The average Bonchev–Trinajstić information content (AvgIpc) is 2.63. The van der Waals surface area contributed by atoms with Crippen LogP contribution in [0.5, 0.6) is 0 Å². The summed E-state index contributed by atoms with van der Waals surface area (Å²) in [6.45, 7) is 2.18. The van der Waals surface area contributed by atoms with E-state index in [0.29, 0.717) is 0 Å². The lowest BCUT2D eigenvalue weighted by Gasteiger charge is -2.30. The van der Waals surface area contributed by atoms with E-state index in [-0.39, 0.29) is 4.32 Å². The number of rotatable bonds is 4. The van der Waals surface area contributed by atoms with E-state index in [0.717, 1.165) is 0 Å². The smallest absolute Gasteiger partial charge is 0.0699 e. The van der Waals surface area contributed by atoms with E-state index in [1.165, 1.54) is 22.3 Å². The lowest BCUT2D eigenvalue weighted by molar-refractivity contribution is 0.896. The van der Waals surface area contributed by atoms with Gasteiger partial charge in [0.15, 0.2) is 0 Å². The first kappa shape index (κ1) is 15.8. The van der Waals surface area contributed by atoms with Crippen molar-refractivity contribution in [3.8, 4) is 0 Å². The first-order chi connectivity index (χ1) is 11.2. The Morgan fingerprint density at radius 1 is 0.696 bits per heavy atom. The molecule has 3 rings (SSSR count). The molecule has 0 saturated heterocycles. The van der Waals surface area contributed by atoms with E-state index in [9.17, 15) is 0 Å². The third-order valence-corrected chi connectivity index (χ3v) is 5.61. The Bertz CT molecular complexity index is 734. The zero-order chi connectivity index (χ0) is 16.1. The Hall–Kier alpha value is -2.12. The van der Waals surface area contributed by atoms with E-state index < -0.39 is 0 Å². The summed E-state index contributed by atoms with van der Waals surface area (Å²) in [7, 11) is 0. The first-order valence-electron chi connectivity index (χ1n) is 7.75. The van der Waals surface area contributed by atoms with E-state index in [4.69, 9.17) is 0 Å². The summed E-state index contributed by atoms with van der Waals surface area (Å²) in [6, 6.07) is 31.6. The number of benzene rings is 3. The van der Waals surface area contributed by atoms with E-state index in [1.54, 1.807) is 0 Å². The molecule has 0 atom stereocenters. The maximum absolute atomic E-state index is 4.06. The molecule has 0 spiro atoms. The molecule has 0 heterocycles. The van der Waals surface area contributed by atoms with Gasteiger partial charge in [-0.05, 0) is 29.2 Å². The molecule has 0 unspecified atom stereocenters. The molecule has 0 bridgehead atoms. The molecule has 0 N–H and O–H groups in total. The summed E-state index contributed by atoms with van der Waals surface area (Å²) in [5.74, 6) is 0. The molecule has 3 aromatic carbocycles. The summed E-state index contributed by atoms with van der Waals surface area (Å²) in [5, 5.41) is 0. The van der Waals surface area contributed by atoms with Crippen molar-refractivity contribution < 1.29 is 0 Å². The number of halogens is 1. The van der Waals surface area contributed by atoms with Gasteiger partial charge in [0.1, 0.15) is 0 Å². The topological polar surface area (TPSA) is 0 Å². The fourth-order valence-corrected chi connectivity index (χ4v) is 3.50. The maximum atomic E-state index is 4.06. The molecule has 0 aromatic heterocycles. The fraction of sp³-hybridized carbons (Fsp3) is 0.0909. The summed E-state index contributed by atoms with van der Waals surface area (Å²) in [5.41, 5.74) is 4.92. The largest absolute Gasteiger partial charge is 0.0965 e. The van der Waals surface area contributed by atoms with Crippen LogP contribution in [0, 0.1) is 0 Å². The van der Waals surface area contributed by atoms with Gasteiger partial charge in [-0.15, -0.1) is 0 Å². The number of hydrogen-bond donors (Lipinski definition) is 0. The van der Waals surface area contributed by atoms with Crippen molar-refractivity contribution in [1.82, 2.24) is 0 Å². The van der Waals surface area contributed by atoms with Gasteiger partial charge >= 0.3 is 0 Å². The monoisotopic (exact) mass is 362 g/mol. The Morgan fingerprint density at radius 2 is 1.09 bits per heavy atom. The highest BCUT2D eigenvalue weighted by molar-refractivity contribution is 9.10. The molecule has 0 aliphatic heterocycles. The second-order valence-corrected chi connectivity index (χ2v) is 6.82. The Labute approximate surface area is 146 Å². The van der Waals surface area contributed by atoms with Gasteiger partial charge in [0.2, 0.25) is 0 Å². The Kier molecular flexibility index (Phi) is 4.78. The molecule has 0 aliphatic carbocycles. The van der Waals surface area contributed by atoms with E-state index in [2.05, 4.69) is 114 Å². The van der Waals surface area contributed by atoms with Crippen LogP contribution in [0.2, 0.25) is 0 Å². The van der Waals surface area contributed by atoms with Crippen LogP contribution in [0.25, 0.3) is 6.08 Å². The Balaban J connectivity index is 2.15. The van der Waals surface area contributed by atoms with Crippen molar-refractivity contribution in [1.29, 1.82) is 0 Å². The molecule has 0 radical (unpaired) electrons. The van der Waals surface area contributed by atoms with Gasteiger partial charge in [0.05, 0.1) is 4.32 Å². The van der Waals surface area contributed by atoms with Gasteiger partial charge in [-0.3, -0.25) is 0 Å². The highest BCUT2D eigenvalue weighted by atomic mass is 79.9. The van der Waals surface area contributed by atoms with Crippen molar-refractivity contribution in [2.45, 2.75) is 11.2 Å². The quantitative estimate of drug-likeness (QED) is 0.469. The molecule has 3 aromatic rings. The van der Waals surface area contributed by atoms with Crippen LogP contribution in [0.3, 0.4) is 0 Å². The zero-order valence-electron chi connectivity index (χ0n) is 13.1. The molecule has 0 saturated carbocycles. The molecule has 0 fully saturated rings. The molecule has 114 valence electrons. The lowest BCUT2D eigenvalue weighted by atomic mass is 9.84. The predicted octanol–water partition coefficient (Wildman–Crippen LogP) is 6.43. The van der Waals surface area contributed by atoms with Crippen molar-refractivity contribution >= 4 is 22.0 Å². The van der Waals surface area contributed by atoms with Gasteiger partial charge in [-0.2, -0.15) is 0 Å². The van der Waals surface area contributed by atoms with Gasteiger partial charge in [-0.1, -0.05) is 113 Å². The third-order valence-electron chi connectivity index (χ3n) is 4.07. The standard InChI is InChI=1S/C22H19Br/c1-18(17-19-11-5-2-6-12-19)22(23,20-13-7-3-8-14-20)21-15-9-4-10-16-21/h2-17H,1H3/b18-17-. The molecule has 0 nitrogen and oxygen atoms in total. The van der Waals surface area contributed by atoms with Crippen molar-refractivity contribution in [3.63, 3.8) is 0 Å². The minimum Gasteiger partial charge on any atom is -0.0699 e. The summed E-state index contributed by atoms with van der Waals surface area (Å²) >= 11 is 4.06. The zero-order valence-corrected chi connectivity index (χ0v) is 14.7. The van der Waals surface area contributed by atoms with E-state index in [1.807, 2.05) is 6.07 Å². The van der Waals surface area contributed by atoms with Gasteiger partial charge in [-0.25, -0.2) is 0 Å². The predicted molar refractivity (Wildman–Crippen MR) is 103 cm³/mol. The average molecular weight is 363 g/mol. The van der Waals surface area contributed by atoms with Gasteiger partial charge in [0, 0.05) is 0 Å². The van der Waals surface area contributed by atoms with Crippen LogP contribution >= 0.6 is 15.9 Å². The SMILES string of the molecule is C/C(=C/c1ccccc1)C(Br)(c1ccccc1)c1ccccc1. The Morgan fingerprint density at radius 3 is 1.52 bits per heavy atom. The van der Waals surface area contributed by atoms with Crippen LogP contribution in [0.4, 0.5) is 0 Å². The van der Waals surface area contributed by atoms with Crippen molar-refractivity contribution in [2.24, 2.45) is 0 Å². The summed E-state index contributed by atoms with van der Waals surface area (Å²) in [4.78, 5) is 0. The van der Waals surface area contributed by atoms with Crippen LogP contribution in [0.1, 0.15) is 23.6 Å². The fourth-order valence-electron chi connectivity index (χ4n) is 2.86. The van der Waals surface area contributed by atoms with E-state index >= 15 is 0 Å². The maximum Gasteiger partial charge on any atom is 0.0965 e. The number of hydrogen-bond acceptors (Lipinski definition) is 0. The molecule has 23 heavy (non-hydrogen) atoms. The summed E-state index contributed by atoms with van der Waals surface area (Å²) < 4.78 is -0.328. The van der Waals surface area contributed by atoms with Crippen LogP contribution in [0.15, 0.2) is 96.6 Å². The lowest BCUT2D eigenvalue weighted by Crippen LogP contribution is -2.21. The van der Waals surface area contributed by atoms with Crippen LogP contribution in [-0.2, 0) is 4.32 Å². The normalized spacial score (nSPS) is 12.2. The summed E-state index contributed by atoms with van der Waals surface area (Å²) in [6.07, 6.45) is 2.24. The van der Waals surface area contributed by atoms with Crippen molar-refractivity contribution in [3.05, 3.63) is 113 Å². The minimum absolute atomic E-state index is 0.328. The second-order valence-electron chi connectivity index (χ2n) is 5.63. The molecule has 1 heteroatoms. The number of alkyl halides is 1. The molecular weight excluding hydrogens is 344 g/mol. The minimum atomic E-state index is -0.328. The first-order valence-corrected chi connectivity index (χ1v) is 8.54. The number of allylic oxidation sites excluding steroid dienone is 1. The second kappa shape index (κ2) is 6.97. The van der Waals surface area contributed by atoms with Gasteiger partial charge < -0.3 is 0 Å². The highest BCUT2D eigenvalue weighted by Crippen LogP contribution is 2.45. The molecule has 0 aliphatic rings. The molecular formula is C22H19Br. The highest BCUT2D eigenvalue weighted by Gasteiger charge is 2.32. The van der Waals surface area contributed by atoms with Gasteiger partial charge in [0.25, 0.3) is 0 Å². The third kappa shape index (κ3) is 3.30. The van der Waals surface area contributed by atoms with Crippen LogP contribution < -0.4 is 0 Å². The van der Waals surface area contributed by atoms with Crippen LogP contribution in [-0.4, -0.2) is 0 Å².